The summed E-state index contributed by atoms with van der Waals surface area (Å²) in [6, 6.07) is 2.32. The summed E-state index contributed by atoms with van der Waals surface area (Å²) < 4.78 is 0. The highest BCUT2D eigenvalue weighted by Crippen LogP contribution is 2.09. The molecular formula is C11H21N3. The summed E-state index contributed by atoms with van der Waals surface area (Å²) in [4.78, 5) is 0. The molecular weight excluding hydrogens is 174 g/mol. The Bertz CT molecular complexity index is 189. The molecule has 0 aromatic heterocycles. The van der Waals surface area contributed by atoms with Crippen LogP contribution < -0.4 is 5.43 Å². The minimum atomic E-state index is -0.00639. The Labute approximate surface area is 87.1 Å². The third kappa shape index (κ3) is 4.08. The molecule has 0 amide bonds. The van der Waals surface area contributed by atoms with Crippen LogP contribution in [-0.2, 0) is 0 Å². The largest absolute Gasteiger partial charge is 0.243 e. The van der Waals surface area contributed by atoms with E-state index in [9.17, 15) is 0 Å². The molecule has 1 heterocycles. The number of nitrogens with zero attached hydrogens (tertiary/aromatic N) is 2. The molecule has 1 atom stereocenters. The fourth-order valence-corrected chi connectivity index (χ4v) is 1.85. The summed E-state index contributed by atoms with van der Waals surface area (Å²) in [7, 11) is 0. The van der Waals surface area contributed by atoms with E-state index in [4.69, 9.17) is 5.26 Å². The smallest absolute Gasteiger partial charge is 0.108 e. The van der Waals surface area contributed by atoms with Gasteiger partial charge in [-0.25, -0.2) is 10.4 Å². The van der Waals surface area contributed by atoms with Gasteiger partial charge >= 0.3 is 0 Å². The fourth-order valence-electron chi connectivity index (χ4n) is 1.85. The Kier molecular flexibility index (Phi) is 4.92. The zero-order chi connectivity index (χ0) is 10.4. The summed E-state index contributed by atoms with van der Waals surface area (Å²) in [5.41, 5.74) is 3.31. The minimum absolute atomic E-state index is 0.00639. The molecule has 0 saturated carbocycles. The lowest BCUT2D eigenvalue weighted by Gasteiger charge is -2.29. The standard InChI is InChI=1S/C11H21N3/c1-10(2)8-11(9-12)13-14-6-4-3-5-7-14/h10-11,13H,3-8H2,1-2H3/t11-/m1/s1. The van der Waals surface area contributed by atoms with Crippen LogP contribution in [0.5, 0.6) is 0 Å². The lowest BCUT2D eigenvalue weighted by Crippen LogP contribution is -2.47. The molecule has 1 saturated heterocycles. The van der Waals surface area contributed by atoms with Gasteiger partial charge in [-0.3, -0.25) is 0 Å². The monoisotopic (exact) mass is 195 g/mol. The second kappa shape index (κ2) is 6.00. The highest BCUT2D eigenvalue weighted by Gasteiger charge is 2.15. The average molecular weight is 195 g/mol. The van der Waals surface area contributed by atoms with Crippen LogP contribution >= 0.6 is 0 Å². The van der Waals surface area contributed by atoms with Crippen molar-refractivity contribution < 1.29 is 0 Å². The first-order valence-electron chi connectivity index (χ1n) is 5.63. The first-order valence-corrected chi connectivity index (χ1v) is 5.63. The summed E-state index contributed by atoms with van der Waals surface area (Å²) in [5, 5.41) is 11.2. The van der Waals surface area contributed by atoms with E-state index < -0.39 is 0 Å². The topological polar surface area (TPSA) is 39.1 Å². The van der Waals surface area contributed by atoms with Gasteiger partial charge in [0.15, 0.2) is 0 Å². The van der Waals surface area contributed by atoms with Crippen LogP contribution in [0, 0.1) is 17.2 Å². The summed E-state index contributed by atoms with van der Waals surface area (Å²) in [5.74, 6) is 0.581. The minimum Gasteiger partial charge on any atom is -0.243 e. The Morgan fingerprint density at radius 1 is 1.29 bits per heavy atom. The maximum absolute atomic E-state index is 8.97. The maximum atomic E-state index is 8.97. The third-order valence-electron chi connectivity index (χ3n) is 2.56. The predicted molar refractivity (Wildman–Crippen MR) is 57.4 cm³/mol. The highest BCUT2D eigenvalue weighted by atomic mass is 15.5. The lowest BCUT2D eigenvalue weighted by atomic mass is 10.1. The molecule has 0 radical (unpaired) electrons. The van der Waals surface area contributed by atoms with Gasteiger partial charge in [0.2, 0.25) is 0 Å². The molecule has 0 spiro atoms. The predicted octanol–water partition coefficient (Wildman–Crippen LogP) is 1.92. The van der Waals surface area contributed by atoms with E-state index in [-0.39, 0.29) is 6.04 Å². The van der Waals surface area contributed by atoms with Crippen molar-refractivity contribution in [1.29, 1.82) is 5.26 Å². The van der Waals surface area contributed by atoms with Gasteiger partial charge in [-0.15, -0.1) is 0 Å². The van der Waals surface area contributed by atoms with Gasteiger partial charge in [-0.05, 0) is 25.2 Å². The molecule has 1 fully saturated rings. The van der Waals surface area contributed by atoms with Crippen molar-refractivity contribution >= 4 is 0 Å². The number of nitriles is 1. The summed E-state index contributed by atoms with van der Waals surface area (Å²) in [6.07, 6.45) is 4.78. The van der Waals surface area contributed by atoms with Gasteiger partial charge in [-0.2, -0.15) is 5.26 Å². The zero-order valence-corrected chi connectivity index (χ0v) is 9.29. The molecule has 0 aliphatic carbocycles. The fraction of sp³-hybridized carbons (Fsp3) is 0.909. The van der Waals surface area contributed by atoms with Crippen molar-refractivity contribution in [1.82, 2.24) is 10.4 Å². The Balaban J connectivity index is 2.28. The van der Waals surface area contributed by atoms with Crippen molar-refractivity contribution in [2.45, 2.75) is 45.6 Å². The van der Waals surface area contributed by atoms with Gasteiger partial charge in [-0.1, -0.05) is 20.3 Å². The lowest BCUT2D eigenvalue weighted by molar-refractivity contribution is 0.135. The average Bonchev–Trinajstić information content (AvgIpc) is 2.17. The molecule has 3 heteroatoms. The van der Waals surface area contributed by atoms with Crippen molar-refractivity contribution in [3.63, 3.8) is 0 Å². The number of rotatable bonds is 4. The normalized spacial score (nSPS) is 20.7. The molecule has 80 valence electrons. The molecule has 1 aliphatic rings. The zero-order valence-electron chi connectivity index (χ0n) is 9.29. The molecule has 3 nitrogen and oxygen atoms in total. The number of piperidine rings is 1. The quantitative estimate of drug-likeness (QED) is 0.745. The van der Waals surface area contributed by atoms with E-state index in [0.717, 1.165) is 19.5 Å². The van der Waals surface area contributed by atoms with Crippen molar-refractivity contribution in [2.75, 3.05) is 13.1 Å². The van der Waals surface area contributed by atoms with E-state index >= 15 is 0 Å². The number of nitrogens with one attached hydrogen (secondary N) is 1. The van der Waals surface area contributed by atoms with E-state index in [1.54, 1.807) is 0 Å². The first kappa shape index (κ1) is 11.5. The molecule has 1 aliphatic heterocycles. The van der Waals surface area contributed by atoms with Gasteiger partial charge in [0.05, 0.1) is 6.07 Å². The van der Waals surface area contributed by atoms with Gasteiger partial charge < -0.3 is 0 Å². The Morgan fingerprint density at radius 3 is 2.43 bits per heavy atom. The molecule has 1 rings (SSSR count). The van der Waals surface area contributed by atoms with Gasteiger partial charge in [0, 0.05) is 13.1 Å². The molecule has 14 heavy (non-hydrogen) atoms. The Hall–Kier alpha value is -0.590. The third-order valence-corrected chi connectivity index (χ3v) is 2.56. The second-order valence-corrected chi connectivity index (χ2v) is 4.49. The Morgan fingerprint density at radius 2 is 1.93 bits per heavy atom. The number of hydrazine groups is 1. The summed E-state index contributed by atoms with van der Waals surface area (Å²) >= 11 is 0. The molecule has 1 N–H and O–H groups in total. The summed E-state index contributed by atoms with van der Waals surface area (Å²) in [6.45, 7) is 6.50. The van der Waals surface area contributed by atoms with E-state index in [1.165, 1.54) is 19.3 Å². The van der Waals surface area contributed by atoms with Crippen LogP contribution in [-0.4, -0.2) is 24.1 Å². The van der Waals surface area contributed by atoms with Crippen molar-refractivity contribution in [3.8, 4) is 6.07 Å². The number of hydrogen-bond acceptors (Lipinski definition) is 3. The van der Waals surface area contributed by atoms with Crippen molar-refractivity contribution in [3.05, 3.63) is 0 Å². The van der Waals surface area contributed by atoms with Crippen molar-refractivity contribution in [2.24, 2.45) is 5.92 Å². The van der Waals surface area contributed by atoms with Gasteiger partial charge in [0.1, 0.15) is 6.04 Å². The first-order chi connectivity index (χ1) is 6.72. The van der Waals surface area contributed by atoms with Crippen LogP contribution in [0.2, 0.25) is 0 Å². The SMILES string of the molecule is CC(C)C[C@H](C#N)NN1CCCCC1. The van der Waals surface area contributed by atoms with Crippen LogP contribution in [0.4, 0.5) is 0 Å². The maximum Gasteiger partial charge on any atom is 0.108 e. The molecule has 0 aromatic rings. The molecule has 0 bridgehead atoms. The molecule has 0 unspecified atom stereocenters. The van der Waals surface area contributed by atoms with Crippen LogP contribution in [0.25, 0.3) is 0 Å². The highest BCUT2D eigenvalue weighted by molar-refractivity contribution is 4.89. The van der Waals surface area contributed by atoms with E-state index in [2.05, 4.69) is 30.4 Å². The van der Waals surface area contributed by atoms with Crippen LogP contribution in [0.3, 0.4) is 0 Å². The molecule has 0 aromatic carbocycles. The van der Waals surface area contributed by atoms with Gasteiger partial charge in [0.25, 0.3) is 0 Å². The number of hydrogen-bond donors (Lipinski definition) is 1. The van der Waals surface area contributed by atoms with E-state index in [1.807, 2.05) is 0 Å². The van der Waals surface area contributed by atoms with E-state index in [0.29, 0.717) is 5.92 Å². The van der Waals surface area contributed by atoms with Crippen LogP contribution in [0.15, 0.2) is 0 Å². The second-order valence-electron chi connectivity index (χ2n) is 4.49. The van der Waals surface area contributed by atoms with Crippen LogP contribution in [0.1, 0.15) is 39.5 Å².